The van der Waals surface area contributed by atoms with Gasteiger partial charge in [-0.15, -0.1) is 0 Å². The van der Waals surface area contributed by atoms with Gasteiger partial charge in [-0.1, -0.05) is 35.3 Å². The molecule has 0 radical (unpaired) electrons. The fourth-order valence-corrected chi connectivity index (χ4v) is 2.59. The van der Waals surface area contributed by atoms with E-state index in [9.17, 15) is 4.79 Å². The Balaban J connectivity index is 2.10. The summed E-state index contributed by atoms with van der Waals surface area (Å²) in [6.45, 7) is 0. The maximum atomic E-state index is 12.2. The molecule has 0 heterocycles. The largest absolute Gasteiger partial charge is 0.494 e. The van der Waals surface area contributed by atoms with E-state index < -0.39 is 5.91 Å². The summed E-state index contributed by atoms with van der Waals surface area (Å²) in [5.41, 5.74) is 4.59. The second kappa shape index (κ2) is 8.04. The first kappa shape index (κ1) is 18.1. The molecule has 1 N–H and O–H groups in total. The van der Waals surface area contributed by atoms with E-state index in [-0.39, 0.29) is 16.3 Å². The zero-order valence-corrected chi connectivity index (χ0v) is 15.0. The first-order chi connectivity index (χ1) is 11.4. The highest BCUT2D eigenvalue weighted by molar-refractivity contribution is 6.36. The van der Waals surface area contributed by atoms with Crippen LogP contribution in [0.2, 0.25) is 10.0 Å². The summed E-state index contributed by atoms with van der Waals surface area (Å²) in [5.74, 6) is -0.207. The average molecular weight is 366 g/mol. The van der Waals surface area contributed by atoms with E-state index in [1.165, 1.54) is 19.2 Å². The van der Waals surface area contributed by atoms with Crippen molar-refractivity contribution in [3.05, 3.63) is 57.6 Å². The van der Waals surface area contributed by atoms with E-state index in [4.69, 9.17) is 27.9 Å². The molecule has 0 aliphatic carbocycles. The van der Waals surface area contributed by atoms with Crippen LogP contribution in [0.5, 0.6) is 5.75 Å². The third-order valence-electron chi connectivity index (χ3n) is 3.25. The van der Waals surface area contributed by atoms with Gasteiger partial charge in [-0.2, -0.15) is 5.10 Å². The van der Waals surface area contributed by atoms with Crippen LogP contribution in [0.25, 0.3) is 0 Å². The number of carbonyl (C=O) groups is 1. The van der Waals surface area contributed by atoms with Crippen LogP contribution in [-0.4, -0.2) is 33.3 Å². The van der Waals surface area contributed by atoms with Crippen molar-refractivity contribution in [2.45, 2.75) is 0 Å². The Labute approximate surface area is 150 Å². The fourth-order valence-electron chi connectivity index (χ4n) is 2.02. The van der Waals surface area contributed by atoms with E-state index in [0.29, 0.717) is 5.02 Å². The van der Waals surface area contributed by atoms with Crippen molar-refractivity contribution in [2.24, 2.45) is 5.10 Å². The Kier molecular flexibility index (Phi) is 6.06. The number of amides is 1. The van der Waals surface area contributed by atoms with Crippen molar-refractivity contribution in [3.63, 3.8) is 0 Å². The van der Waals surface area contributed by atoms with Crippen LogP contribution in [0.3, 0.4) is 0 Å². The van der Waals surface area contributed by atoms with Crippen molar-refractivity contribution in [2.75, 3.05) is 26.1 Å². The number of hydrazone groups is 1. The molecule has 0 fully saturated rings. The minimum atomic E-state index is -0.461. The zero-order valence-electron chi connectivity index (χ0n) is 13.5. The van der Waals surface area contributed by atoms with Gasteiger partial charge in [0.05, 0.1) is 23.9 Å². The Morgan fingerprint density at radius 1 is 1.21 bits per heavy atom. The zero-order chi connectivity index (χ0) is 17.7. The lowest BCUT2D eigenvalue weighted by Crippen LogP contribution is -2.18. The fraction of sp³-hybridized carbons (Fsp3) is 0.176. The predicted molar refractivity (Wildman–Crippen MR) is 98.8 cm³/mol. The van der Waals surface area contributed by atoms with Gasteiger partial charge in [0.25, 0.3) is 5.91 Å². The minimum absolute atomic E-state index is 0.218. The van der Waals surface area contributed by atoms with Crippen LogP contribution >= 0.6 is 23.2 Å². The molecular formula is C17H17Cl2N3O2. The number of carbonyl (C=O) groups excluding carboxylic acids is 1. The van der Waals surface area contributed by atoms with Gasteiger partial charge in [0.15, 0.2) is 0 Å². The molecule has 5 nitrogen and oxygen atoms in total. The molecule has 1 amide bonds. The van der Waals surface area contributed by atoms with E-state index in [0.717, 1.165) is 11.3 Å². The Bertz CT molecular complexity index is 759. The summed E-state index contributed by atoms with van der Waals surface area (Å²) >= 11 is 11.9. The topological polar surface area (TPSA) is 53.9 Å². The molecule has 0 aromatic heterocycles. The van der Waals surface area contributed by atoms with Gasteiger partial charge in [0.1, 0.15) is 5.75 Å². The predicted octanol–water partition coefficient (Wildman–Crippen LogP) is 3.83. The lowest BCUT2D eigenvalue weighted by Gasteiger charge is -2.11. The molecule has 2 aromatic carbocycles. The maximum absolute atomic E-state index is 12.2. The van der Waals surface area contributed by atoms with Gasteiger partial charge in [0.2, 0.25) is 0 Å². The quantitative estimate of drug-likeness (QED) is 0.646. The molecule has 0 spiro atoms. The molecule has 0 aliphatic heterocycles. The van der Waals surface area contributed by atoms with Gasteiger partial charge in [-0.3, -0.25) is 4.79 Å². The second-order valence-corrected chi connectivity index (χ2v) is 6.00. The lowest BCUT2D eigenvalue weighted by atomic mass is 10.2. The molecule has 2 rings (SSSR count). The number of hydrogen-bond donors (Lipinski definition) is 1. The van der Waals surface area contributed by atoms with Crippen LogP contribution < -0.4 is 15.1 Å². The molecule has 0 bridgehead atoms. The summed E-state index contributed by atoms with van der Waals surface area (Å²) in [5, 5.41) is 4.55. The first-order valence-electron chi connectivity index (χ1n) is 7.06. The number of nitrogens with one attached hydrogen (secondary N) is 1. The summed E-state index contributed by atoms with van der Waals surface area (Å²) in [4.78, 5) is 14.2. The van der Waals surface area contributed by atoms with E-state index in [1.807, 2.05) is 43.3 Å². The van der Waals surface area contributed by atoms with Crippen LogP contribution in [0.4, 0.5) is 5.69 Å². The van der Waals surface area contributed by atoms with E-state index in [1.54, 1.807) is 6.21 Å². The number of rotatable bonds is 5. The smallest absolute Gasteiger partial charge is 0.275 e. The van der Waals surface area contributed by atoms with Crippen LogP contribution in [0.1, 0.15) is 15.9 Å². The molecule has 0 saturated carbocycles. The highest BCUT2D eigenvalue weighted by atomic mass is 35.5. The third kappa shape index (κ3) is 4.40. The molecule has 126 valence electrons. The molecule has 2 aromatic rings. The third-order valence-corrected chi connectivity index (χ3v) is 3.75. The van der Waals surface area contributed by atoms with Crippen LogP contribution in [0.15, 0.2) is 41.5 Å². The van der Waals surface area contributed by atoms with Gasteiger partial charge in [-0.05, 0) is 29.8 Å². The standard InChI is InChI=1S/C17H17Cl2N3O2/c1-22(2)13-6-4-11(5-7-13)10-20-21-17(23)14-8-12(18)9-15(19)16(14)24-3/h4-10H,1-3H3,(H,21,23)/b20-10-. The van der Waals surface area contributed by atoms with E-state index >= 15 is 0 Å². The lowest BCUT2D eigenvalue weighted by molar-refractivity contribution is 0.0952. The number of ether oxygens (including phenoxy) is 1. The molecule has 0 saturated heterocycles. The van der Waals surface area contributed by atoms with Crippen LogP contribution in [-0.2, 0) is 0 Å². The first-order valence-corrected chi connectivity index (χ1v) is 7.81. The Morgan fingerprint density at radius 3 is 2.46 bits per heavy atom. The Morgan fingerprint density at radius 2 is 1.88 bits per heavy atom. The van der Waals surface area contributed by atoms with Gasteiger partial charge < -0.3 is 9.64 Å². The highest BCUT2D eigenvalue weighted by Gasteiger charge is 2.16. The molecular weight excluding hydrogens is 349 g/mol. The monoisotopic (exact) mass is 365 g/mol. The summed E-state index contributed by atoms with van der Waals surface area (Å²) < 4.78 is 5.14. The number of hydrogen-bond acceptors (Lipinski definition) is 4. The van der Waals surface area contributed by atoms with Gasteiger partial charge in [0, 0.05) is 24.8 Å². The summed E-state index contributed by atoms with van der Waals surface area (Å²) in [6, 6.07) is 10.7. The average Bonchev–Trinajstić information content (AvgIpc) is 2.54. The van der Waals surface area contributed by atoms with Crippen molar-refractivity contribution in [1.29, 1.82) is 0 Å². The van der Waals surface area contributed by atoms with Crippen molar-refractivity contribution in [1.82, 2.24) is 5.43 Å². The highest BCUT2D eigenvalue weighted by Crippen LogP contribution is 2.32. The van der Waals surface area contributed by atoms with Crippen molar-refractivity contribution in [3.8, 4) is 5.75 Å². The maximum Gasteiger partial charge on any atom is 0.275 e. The van der Waals surface area contributed by atoms with Gasteiger partial charge in [-0.25, -0.2) is 5.43 Å². The van der Waals surface area contributed by atoms with Gasteiger partial charge >= 0.3 is 0 Å². The van der Waals surface area contributed by atoms with Crippen molar-refractivity contribution < 1.29 is 9.53 Å². The molecule has 0 aliphatic rings. The number of halogens is 2. The molecule has 7 heteroatoms. The minimum Gasteiger partial charge on any atom is -0.494 e. The molecule has 0 atom stereocenters. The summed E-state index contributed by atoms with van der Waals surface area (Å²) in [7, 11) is 5.36. The SMILES string of the molecule is COc1c(Cl)cc(Cl)cc1C(=O)N/N=C\c1ccc(N(C)C)cc1. The second-order valence-electron chi connectivity index (χ2n) is 5.15. The Hall–Kier alpha value is -2.24. The molecule has 0 unspecified atom stereocenters. The van der Waals surface area contributed by atoms with Crippen LogP contribution in [0, 0.1) is 0 Å². The number of benzene rings is 2. The molecule has 24 heavy (non-hydrogen) atoms. The number of nitrogens with zero attached hydrogens (tertiary/aromatic N) is 2. The number of methoxy groups -OCH3 is 1. The normalized spacial score (nSPS) is 10.7. The summed E-state index contributed by atoms with van der Waals surface area (Å²) in [6.07, 6.45) is 1.55. The van der Waals surface area contributed by atoms with Crippen molar-refractivity contribution >= 4 is 41.0 Å². The number of anilines is 1. The van der Waals surface area contributed by atoms with E-state index in [2.05, 4.69) is 10.5 Å².